The van der Waals surface area contributed by atoms with Crippen LogP contribution in [-0.2, 0) is 10.0 Å². The molecule has 0 unspecified atom stereocenters. The Morgan fingerprint density at radius 3 is 2.21 bits per heavy atom. The molecule has 6 heteroatoms. The lowest BCUT2D eigenvalue weighted by Gasteiger charge is -2.36. The molecule has 0 aromatic heterocycles. The molecule has 0 bridgehead atoms. The largest absolute Gasteiger partial charge is 0.369 e. The maximum Gasteiger partial charge on any atom is 0.243 e. The number of sulfonamides is 1. The van der Waals surface area contributed by atoms with Crippen LogP contribution in [0.4, 0.5) is 5.69 Å². The maximum atomic E-state index is 12.9. The Labute approximate surface area is 148 Å². The van der Waals surface area contributed by atoms with Gasteiger partial charge < -0.3 is 4.90 Å². The van der Waals surface area contributed by atoms with Crippen molar-refractivity contribution in [3.8, 4) is 0 Å². The van der Waals surface area contributed by atoms with Crippen LogP contribution >= 0.6 is 11.6 Å². The van der Waals surface area contributed by atoms with Gasteiger partial charge in [-0.3, -0.25) is 0 Å². The molecule has 128 valence electrons. The number of piperazine rings is 1. The summed E-state index contributed by atoms with van der Waals surface area (Å²) in [4.78, 5) is 2.59. The molecule has 0 saturated carbocycles. The Balaban J connectivity index is 1.78. The van der Waals surface area contributed by atoms with Crippen LogP contribution < -0.4 is 4.90 Å². The average molecular weight is 365 g/mol. The molecule has 4 nitrogen and oxygen atoms in total. The van der Waals surface area contributed by atoms with Crippen molar-refractivity contribution in [2.24, 2.45) is 0 Å². The first-order valence-corrected chi connectivity index (χ1v) is 9.78. The van der Waals surface area contributed by atoms with Gasteiger partial charge in [-0.25, -0.2) is 8.42 Å². The first kappa shape index (κ1) is 17.3. The number of nitrogens with zero attached hydrogens (tertiary/aromatic N) is 2. The summed E-state index contributed by atoms with van der Waals surface area (Å²) in [6.07, 6.45) is 0. The third-order valence-corrected chi connectivity index (χ3v) is 6.74. The predicted molar refractivity (Wildman–Crippen MR) is 98.3 cm³/mol. The molecule has 2 aromatic carbocycles. The molecular formula is C18H21ClN2O2S. The molecular weight excluding hydrogens is 344 g/mol. The SMILES string of the molecule is Cc1ccccc1N1CCN(S(=O)(=O)c2ccc(Cl)cc2C)CC1. The predicted octanol–water partition coefficient (Wildman–Crippen LogP) is 3.47. The van der Waals surface area contributed by atoms with Gasteiger partial charge in [0.05, 0.1) is 4.90 Å². The van der Waals surface area contributed by atoms with Crippen molar-refractivity contribution in [3.63, 3.8) is 0 Å². The fourth-order valence-corrected chi connectivity index (χ4v) is 4.98. The number of hydrogen-bond acceptors (Lipinski definition) is 3. The number of para-hydroxylation sites is 1. The highest BCUT2D eigenvalue weighted by Crippen LogP contribution is 2.26. The van der Waals surface area contributed by atoms with Gasteiger partial charge in [0.25, 0.3) is 0 Å². The summed E-state index contributed by atoms with van der Waals surface area (Å²) in [5, 5.41) is 0.552. The maximum absolute atomic E-state index is 12.9. The third-order valence-electron chi connectivity index (χ3n) is 4.45. The molecule has 2 aromatic rings. The van der Waals surface area contributed by atoms with E-state index in [1.165, 1.54) is 11.3 Å². The molecule has 3 rings (SSSR count). The first-order chi connectivity index (χ1) is 11.4. The van der Waals surface area contributed by atoms with Gasteiger partial charge >= 0.3 is 0 Å². The summed E-state index contributed by atoms with van der Waals surface area (Å²) in [6.45, 7) is 6.21. The van der Waals surface area contributed by atoms with E-state index in [9.17, 15) is 8.42 Å². The molecule has 1 saturated heterocycles. The number of halogens is 1. The molecule has 0 amide bonds. The Kier molecular flexibility index (Phi) is 4.85. The zero-order chi connectivity index (χ0) is 17.3. The van der Waals surface area contributed by atoms with Crippen molar-refractivity contribution in [2.45, 2.75) is 18.7 Å². The van der Waals surface area contributed by atoms with Crippen molar-refractivity contribution in [1.29, 1.82) is 0 Å². The van der Waals surface area contributed by atoms with Gasteiger partial charge in [-0.05, 0) is 49.2 Å². The van der Waals surface area contributed by atoms with Gasteiger partial charge in [0.15, 0.2) is 0 Å². The summed E-state index contributed by atoms with van der Waals surface area (Å²) >= 11 is 5.94. The summed E-state index contributed by atoms with van der Waals surface area (Å²) < 4.78 is 27.4. The highest BCUT2D eigenvalue weighted by molar-refractivity contribution is 7.89. The third kappa shape index (κ3) is 3.29. The molecule has 1 aliphatic heterocycles. The quantitative estimate of drug-likeness (QED) is 0.837. The minimum absolute atomic E-state index is 0.344. The molecule has 0 spiro atoms. The Bertz CT molecular complexity index is 844. The van der Waals surface area contributed by atoms with Gasteiger partial charge in [0, 0.05) is 36.9 Å². The monoisotopic (exact) mass is 364 g/mol. The number of hydrogen-bond donors (Lipinski definition) is 0. The lowest BCUT2D eigenvalue weighted by molar-refractivity contribution is 0.384. The Morgan fingerprint density at radius 1 is 0.917 bits per heavy atom. The van der Waals surface area contributed by atoms with Crippen molar-refractivity contribution in [2.75, 3.05) is 31.1 Å². The molecule has 1 heterocycles. The molecule has 0 radical (unpaired) electrons. The van der Waals surface area contributed by atoms with E-state index in [1.807, 2.05) is 12.1 Å². The lowest BCUT2D eigenvalue weighted by atomic mass is 10.1. The second-order valence-corrected chi connectivity index (χ2v) is 8.43. The van der Waals surface area contributed by atoms with Crippen molar-refractivity contribution in [1.82, 2.24) is 4.31 Å². The molecule has 24 heavy (non-hydrogen) atoms. The van der Waals surface area contributed by atoms with Crippen LogP contribution in [0.2, 0.25) is 5.02 Å². The van der Waals surface area contributed by atoms with E-state index >= 15 is 0 Å². The minimum Gasteiger partial charge on any atom is -0.369 e. The average Bonchev–Trinajstić information content (AvgIpc) is 2.55. The molecule has 1 fully saturated rings. The molecule has 0 N–H and O–H groups in total. The number of rotatable bonds is 3. The number of anilines is 1. The smallest absolute Gasteiger partial charge is 0.243 e. The highest BCUT2D eigenvalue weighted by Gasteiger charge is 2.29. The van der Waals surface area contributed by atoms with Gasteiger partial charge in [-0.2, -0.15) is 4.31 Å². The summed E-state index contributed by atoms with van der Waals surface area (Å²) in [5.74, 6) is 0. The Morgan fingerprint density at radius 2 is 1.58 bits per heavy atom. The van der Waals surface area contributed by atoms with Crippen LogP contribution in [0.15, 0.2) is 47.4 Å². The summed E-state index contributed by atoms with van der Waals surface area (Å²) in [7, 11) is -3.48. The van der Waals surface area contributed by atoms with Gasteiger partial charge in [-0.1, -0.05) is 29.8 Å². The zero-order valence-corrected chi connectivity index (χ0v) is 15.4. The van der Waals surface area contributed by atoms with Crippen LogP contribution in [0.3, 0.4) is 0 Å². The normalized spacial score (nSPS) is 16.4. The van der Waals surface area contributed by atoms with Crippen molar-refractivity contribution < 1.29 is 8.42 Å². The minimum atomic E-state index is -3.48. The second kappa shape index (κ2) is 6.75. The fraction of sp³-hybridized carbons (Fsp3) is 0.333. The highest BCUT2D eigenvalue weighted by atomic mass is 35.5. The summed E-state index contributed by atoms with van der Waals surface area (Å²) in [6, 6.07) is 13.1. The van der Waals surface area contributed by atoms with Gasteiger partial charge in [0.2, 0.25) is 10.0 Å². The van der Waals surface area contributed by atoms with E-state index in [-0.39, 0.29) is 0 Å². The van der Waals surface area contributed by atoms with Crippen molar-refractivity contribution in [3.05, 3.63) is 58.6 Å². The fourth-order valence-electron chi connectivity index (χ4n) is 3.13. The molecule has 1 aliphatic rings. The topological polar surface area (TPSA) is 40.6 Å². The number of aryl methyl sites for hydroxylation is 2. The van der Waals surface area contributed by atoms with E-state index in [0.717, 1.165) is 0 Å². The summed E-state index contributed by atoms with van der Waals surface area (Å²) in [5.41, 5.74) is 3.07. The van der Waals surface area contributed by atoms with Crippen LogP contribution in [-0.4, -0.2) is 38.9 Å². The lowest BCUT2D eigenvalue weighted by Crippen LogP contribution is -2.49. The second-order valence-electron chi connectivity index (χ2n) is 6.09. The van der Waals surface area contributed by atoms with Crippen molar-refractivity contribution >= 4 is 27.3 Å². The van der Waals surface area contributed by atoms with E-state index < -0.39 is 10.0 Å². The first-order valence-electron chi connectivity index (χ1n) is 7.96. The van der Waals surface area contributed by atoms with E-state index in [0.29, 0.717) is 41.7 Å². The van der Waals surface area contributed by atoms with E-state index in [4.69, 9.17) is 11.6 Å². The van der Waals surface area contributed by atoms with E-state index in [1.54, 1.807) is 29.4 Å². The van der Waals surface area contributed by atoms with E-state index in [2.05, 4.69) is 24.0 Å². The number of benzene rings is 2. The zero-order valence-electron chi connectivity index (χ0n) is 13.9. The van der Waals surface area contributed by atoms with Crippen LogP contribution in [0.25, 0.3) is 0 Å². The van der Waals surface area contributed by atoms with Crippen LogP contribution in [0.1, 0.15) is 11.1 Å². The van der Waals surface area contributed by atoms with Gasteiger partial charge in [-0.15, -0.1) is 0 Å². The standard InChI is InChI=1S/C18H21ClN2O2S/c1-14-5-3-4-6-17(14)20-9-11-21(12-10-20)24(22,23)18-8-7-16(19)13-15(18)2/h3-8,13H,9-12H2,1-2H3. The Hall–Kier alpha value is -1.56. The molecule has 0 atom stereocenters. The van der Waals surface area contributed by atoms with Gasteiger partial charge in [0.1, 0.15) is 0 Å². The molecule has 0 aliphatic carbocycles. The van der Waals surface area contributed by atoms with Crippen LogP contribution in [0.5, 0.6) is 0 Å². The van der Waals surface area contributed by atoms with Crippen LogP contribution in [0, 0.1) is 13.8 Å².